The van der Waals surface area contributed by atoms with E-state index in [4.69, 9.17) is 0 Å². The van der Waals surface area contributed by atoms with Gasteiger partial charge in [0.25, 0.3) is 44.5 Å². The van der Waals surface area contributed by atoms with E-state index in [0.717, 1.165) is 18.3 Å². The van der Waals surface area contributed by atoms with Crippen LogP contribution < -0.4 is 44.5 Å². The molecule has 16 nitrogen and oxygen atoms in total. The third-order valence-corrected chi connectivity index (χ3v) is 15.8. The number of hydrogen-bond acceptors (Lipinski definition) is 8. The summed E-state index contributed by atoms with van der Waals surface area (Å²) in [5, 5.41) is -0.869. The minimum absolute atomic E-state index is 0.00822. The second-order valence-electron chi connectivity index (χ2n) is 19.9. The SMILES string of the molecule is O=c1c2cc(-c3cc4c(=O)n(-c5ccccc5)c(=O)c5c6[nH]c7ccccc7[nH]c6c6c(=O)n(-c7ccccc7)c(=O)c3c6c45)c3c(=O)n(-c4ccccc4)c(=O)c4c5[nH]c6ccccc6[nH]c5c(c(=O)n1-c1ccccc1)c2c34. The van der Waals surface area contributed by atoms with Gasteiger partial charge in [0.15, 0.2) is 0 Å². The quantitative estimate of drug-likeness (QED) is 0.0960. The molecule has 0 aliphatic carbocycles. The molecule has 0 atom stereocenters. The number of rotatable bonds is 5. The van der Waals surface area contributed by atoms with Crippen molar-refractivity contribution >= 4 is 109 Å². The van der Waals surface area contributed by atoms with E-state index in [1.165, 1.54) is 12.1 Å². The Bertz CT molecular complexity index is 5590. The highest BCUT2D eigenvalue weighted by atomic mass is 16.2. The molecule has 16 aromatic rings. The molecule has 0 fully saturated rings. The van der Waals surface area contributed by atoms with Crippen molar-refractivity contribution in [2.24, 2.45) is 0 Å². The van der Waals surface area contributed by atoms with Gasteiger partial charge in [0.2, 0.25) is 0 Å². The number of hydrogen-bond donors (Lipinski definition) is 4. The van der Waals surface area contributed by atoms with E-state index < -0.39 is 44.5 Å². The highest BCUT2D eigenvalue weighted by Crippen LogP contribution is 2.45. The zero-order valence-electron chi connectivity index (χ0n) is 41.4. The molecule has 378 valence electrons. The van der Waals surface area contributed by atoms with Crippen LogP contribution in [-0.2, 0) is 0 Å². The molecule has 0 saturated carbocycles. The second kappa shape index (κ2) is 16.0. The third kappa shape index (κ3) is 5.76. The molecule has 10 aromatic carbocycles. The van der Waals surface area contributed by atoms with Gasteiger partial charge in [-0.2, -0.15) is 0 Å². The Kier molecular flexibility index (Phi) is 8.96. The number of aromatic amines is 4. The Morgan fingerprint density at radius 3 is 0.725 bits per heavy atom. The van der Waals surface area contributed by atoms with E-state index in [9.17, 15) is 0 Å². The number of H-pyrrole nitrogens is 4. The summed E-state index contributed by atoms with van der Waals surface area (Å²) in [6, 6.07) is 50.5. The fourth-order valence-corrected chi connectivity index (χ4v) is 12.4. The summed E-state index contributed by atoms with van der Waals surface area (Å²) >= 11 is 0. The molecule has 0 aliphatic heterocycles. The van der Waals surface area contributed by atoms with Crippen molar-refractivity contribution in [1.29, 1.82) is 0 Å². The summed E-state index contributed by atoms with van der Waals surface area (Å²) in [5.41, 5.74) is -2.93. The normalized spacial score (nSPS) is 12.2. The number of fused-ring (bicyclic) bond motifs is 8. The van der Waals surface area contributed by atoms with E-state index in [1.54, 1.807) is 170 Å². The number of pyridine rings is 4. The summed E-state index contributed by atoms with van der Waals surface area (Å²) < 4.78 is 4.09. The molecule has 0 saturated heterocycles. The van der Waals surface area contributed by atoms with Crippen LogP contribution in [0.2, 0.25) is 0 Å². The van der Waals surface area contributed by atoms with Crippen molar-refractivity contribution in [1.82, 2.24) is 38.2 Å². The first-order chi connectivity index (χ1) is 39.1. The Hall–Kier alpha value is -11.5. The van der Waals surface area contributed by atoms with Gasteiger partial charge in [-0.25, -0.2) is 18.3 Å². The summed E-state index contributed by atoms with van der Waals surface area (Å²) in [4.78, 5) is 140. The number of para-hydroxylation sites is 8. The first-order valence-electron chi connectivity index (χ1n) is 25.5. The van der Waals surface area contributed by atoms with Crippen molar-refractivity contribution in [3.8, 4) is 33.9 Å². The van der Waals surface area contributed by atoms with Crippen molar-refractivity contribution < 1.29 is 0 Å². The fourth-order valence-electron chi connectivity index (χ4n) is 12.4. The predicted molar refractivity (Wildman–Crippen MR) is 314 cm³/mol. The van der Waals surface area contributed by atoms with Gasteiger partial charge < -0.3 is 19.9 Å². The summed E-state index contributed by atoms with van der Waals surface area (Å²) in [6.07, 6.45) is 0. The van der Waals surface area contributed by atoms with Gasteiger partial charge in [-0.15, -0.1) is 0 Å². The van der Waals surface area contributed by atoms with Crippen LogP contribution >= 0.6 is 0 Å². The van der Waals surface area contributed by atoms with Gasteiger partial charge in [-0.1, -0.05) is 97.1 Å². The van der Waals surface area contributed by atoms with Gasteiger partial charge in [0.05, 0.1) is 99.2 Å². The van der Waals surface area contributed by atoms with Crippen molar-refractivity contribution in [3.05, 3.63) is 265 Å². The van der Waals surface area contributed by atoms with E-state index in [2.05, 4.69) is 19.9 Å². The molecule has 16 heteroatoms. The topological polar surface area (TPSA) is 219 Å². The van der Waals surface area contributed by atoms with Crippen LogP contribution in [0.5, 0.6) is 0 Å². The largest absolute Gasteiger partial charge is 0.351 e. The van der Waals surface area contributed by atoms with Crippen LogP contribution in [0, 0.1) is 0 Å². The Morgan fingerprint density at radius 2 is 0.450 bits per heavy atom. The molecule has 16 rings (SSSR count). The Balaban J connectivity index is 1.24. The summed E-state index contributed by atoms with van der Waals surface area (Å²) in [5.74, 6) is 0. The lowest BCUT2D eigenvalue weighted by Gasteiger charge is -2.22. The number of nitrogens with one attached hydrogen (secondary N) is 4. The predicted octanol–water partition coefficient (Wildman–Crippen LogP) is 9.12. The number of benzene rings is 10. The van der Waals surface area contributed by atoms with Crippen LogP contribution in [0.4, 0.5) is 0 Å². The maximum Gasteiger partial charge on any atom is 0.268 e. The molecular weight excluding hydrogens is 1010 g/mol. The molecular formula is C64H34N8O8. The van der Waals surface area contributed by atoms with Crippen LogP contribution in [-0.4, -0.2) is 38.2 Å². The molecule has 4 N–H and O–H groups in total. The molecule has 0 spiro atoms. The fraction of sp³-hybridized carbons (Fsp3) is 0. The van der Waals surface area contributed by atoms with Crippen molar-refractivity contribution in [2.75, 3.05) is 0 Å². The number of aromatic nitrogens is 8. The lowest BCUT2D eigenvalue weighted by Crippen LogP contribution is -2.36. The minimum atomic E-state index is -0.878. The van der Waals surface area contributed by atoms with Gasteiger partial charge in [-0.3, -0.25) is 38.4 Å². The van der Waals surface area contributed by atoms with Gasteiger partial charge in [0, 0.05) is 32.3 Å². The van der Waals surface area contributed by atoms with Gasteiger partial charge >= 0.3 is 0 Å². The highest BCUT2D eigenvalue weighted by molar-refractivity contribution is 6.37. The summed E-state index contributed by atoms with van der Waals surface area (Å²) in [6.45, 7) is 0. The average Bonchev–Trinajstić information content (AvgIpc) is 3.67. The van der Waals surface area contributed by atoms with Crippen molar-refractivity contribution in [2.45, 2.75) is 0 Å². The van der Waals surface area contributed by atoms with E-state index in [-0.39, 0.29) is 121 Å². The zero-order valence-corrected chi connectivity index (χ0v) is 41.4. The van der Waals surface area contributed by atoms with E-state index >= 15 is 38.4 Å². The van der Waals surface area contributed by atoms with E-state index in [1.807, 2.05) is 0 Å². The standard InChI is InChI=1S/C64H34N8O8/c73-57-37-29-35(45-47-43(37)49(61(77)69(57)31-17-5-1-6-18-31)53-55(67-41-27-15-13-25-39(41)65-53)51(47)63(79)71(59(45)75)33-21-9-3-10-22-33)36-30-38-44-48-46(36)60(76)72(34-23-11-4-12-24-34)64(80)52(48)56-54(66-40-26-14-16-28-42(40)68-56)50(44)62(78)70(58(38)74)32-19-7-2-8-20-32/h1-30,65-68H. The maximum atomic E-state index is 16.2. The van der Waals surface area contributed by atoms with Crippen molar-refractivity contribution in [3.63, 3.8) is 0 Å². The van der Waals surface area contributed by atoms with Crippen LogP contribution in [0.25, 0.3) is 143 Å². The van der Waals surface area contributed by atoms with Gasteiger partial charge in [0.1, 0.15) is 0 Å². The lowest BCUT2D eigenvalue weighted by atomic mass is 9.85. The molecule has 0 amide bonds. The molecule has 80 heavy (non-hydrogen) atoms. The smallest absolute Gasteiger partial charge is 0.268 e. The molecule has 0 unspecified atom stereocenters. The Morgan fingerprint density at radius 1 is 0.225 bits per heavy atom. The molecule has 0 bridgehead atoms. The average molecular weight is 1040 g/mol. The van der Waals surface area contributed by atoms with E-state index in [0.29, 0.717) is 22.1 Å². The van der Waals surface area contributed by atoms with Gasteiger partial charge in [-0.05, 0) is 96.1 Å². The molecule has 6 aromatic heterocycles. The molecule has 0 radical (unpaired) electrons. The molecule has 6 heterocycles. The molecule has 0 aliphatic rings. The second-order valence-corrected chi connectivity index (χ2v) is 19.9. The summed E-state index contributed by atoms with van der Waals surface area (Å²) in [7, 11) is 0. The van der Waals surface area contributed by atoms with Crippen LogP contribution in [0.1, 0.15) is 0 Å². The Labute approximate surface area is 443 Å². The first-order valence-corrected chi connectivity index (χ1v) is 25.5. The first kappa shape index (κ1) is 44.7. The maximum absolute atomic E-state index is 16.2. The number of nitrogens with zero attached hydrogens (tertiary/aromatic N) is 4. The minimum Gasteiger partial charge on any atom is -0.351 e. The van der Waals surface area contributed by atoms with Crippen LogP contribution in [0.15, 0.2) is 220 Å². The highest BCUT2D eigenvalue weighted by Gasteiger charge is 2.33. The lowest BCUT2D eigenvalue weighted by molar-refractivity contribution is 0.965. The monoisotopic (exact) mass is 1040 g/mol. The van der Waals surface area contributed by atoms with Crippen LogP contribution in [0.3, 0.4) is 0 Å². The third-order valence-electron chi connectivity index (χ3n) is 15.8. The zero-order chi connectivity index (χ0) is 54.0.